The van der Waals surface area contributed by atoms with E-state index < -0.39 is 22.3 Å². The van der Waals surface area contributed by atoms with E-state index in [1.165, 1.54) is 10.7 Å². The normalized spacial score (nSPS) is 10.7. The number of phenolic OH excluding ortho intramolecular Hbond substituents is 1. The topological polar surface area (TPSA) is 118 Å². The zero-order valence-electron chi connectivity index (χ0n) is 15.8. The summed E-state index contributed by atoms with van der Waals surface area (Å²) >= 11 is 3.42. The highest BCUT2D eigenvalue weighted by molar-refractivity contribution is 9.10. The van der Waals surface area contributed by atoms with Crippen molar-refractivity contribution in [1.82, 2.24) is 9.78 Å². The molecule has 0 saturated heterocycles. The van der Waals surface area contributed by atoms with E-state index in [-0.39, 0.29) is 16.8 Å². The van der Waals surface area contributed by atoms with Gasteiger partial charge in [0.05, 0.1) is 16.3 Å². The third-order valence-electron chi connectivity index (χ3n) is 4.64. The van der Waals surface area contributed by atoms with Gasteiger partial charge in [-0.05, 0) is 30.3 Å². The molecule has 0 saturated carbocycles. The van der Waals surface area contributed by atoms with E-state index in [0.29, 0.717) is 16.9 Å². The van der Waals surface area contributed by atoms with Gasteiger partial charge in [0.15, 0.2) is 5.75 Å². The molecular weight excluding hydrogens is 466 g/mol. The first kappa shape index (κ1) is 20.3. The number of rotatable bonds is 5. The first-order valence-electron chi connectivity index (χ1n) is 9.02. The highest BCUT2D eigenvalue weighted by Crippen LogP contribution is 2.37. The maximum atomic E-state index is 12.3. The number of aromatic hydroxyl groups is 1. The van der Waals surface area contributed by atoms with Crippen molar-refractivity contribution in [3.8, 4) is 34.0 Å². The maximum absolute atomic E-state index is 12.3. The predicted molar refractivity (Wildman–Crippen MR) is 117 cm³/mol. The monoisotopic (exact) mass is 479 g/mol. The molecule has 1 heterocycles. The fourth-order valence-electron chi connectivity index (χ4n) is 3.31. The van der Waals surface area contributed by atoms with Crippen molar-refractivity contribution < 1.29 is 19.9 Å². The van der Waals surface area contributed by atoms with Crippen LogP contribution in [0.15, 0.2) is 77.3 Å². The molecule has 31 heavy (non-hydrogen) atoms. The Morgan fingerprint density at radius 3 is 2.35 bits per heavy atom. The molecule has 2 N–H and O–H groups in total. The van der Waals surface area contributed by atoms with Gasteiger partial charge in [-0.15, -0.1) is 0 Å². The number of aromatic carboxylic acids is 1. The van der Waals surface area contributed by atoms with Gasteiger partial charge in [0.1, 0.15) is 11.3 Å². The van der Waals surface area contributed by atoms with E-state index in [9.17, 15) is 25.1 Å². The lowest BCUT2D eigenvalue weighted by molar-refractivity contribution is -0.385. The van der Waals surface area contributed by atoms with Crippen LogP contribution in [0.5, 0.6) is 5.75 Å². The lowest BCUT2D eigenvalue weighted by Crippen LogP contribution is -2.03. The predicted octanol–water partition coefficient (Wildman–Crippen LogP) is 5.28. The number of carboxylic acid groups (broad SMARTS) is 1. The SMILES string of the molecule is O=C(O)c1c(-c2ccc([N+](=O)[O-])c(O)c2)nn(-c2cccc(Br)c2)c1-c1ccccc1. The number of nitrogens with zero attached hydrogens (tertiary/aromatic N) is 3. The van der Waals surface area contributed by atoms with Crippen LogP contribution in [0.25, 0.3) is 28.2 Å². The Balaban J connectivity index is 2.04. The summed E-state index contributed by atoms with van der Waals surface area (Å²) in [6.07, 6.45) is 0. The van der Waals surface area contributed by atoms with Crippen molar-refractivity contribution in [2.24, 2.45) is 0 Å². The summed E-state index contributed by atoms with van der Waals surface area (Å²) in [5.41, 5.74) is 1.36. The minimum Gasteiger partial charge on any atom is -0.502 e. The zero-order chi connectivity index (χ0) is 22.1. The van der Waals surface area contributed by atoms with E-state index in [4.69, 9.17) is 0 Å². The smallest absolute Gasteiger partial charge is 0.340 e. The van der Waals surface area contributed by atoms with E-state index >= 15 is 0 Å². The highest BCUT2D eigenvalue weighted by Gasteiger charge is 2.27. The average molecular weight is 480 g/mol. The summed E-state index contributed by atoms with van der Waals surface area (Å²) in [5.74, 6) is -1.79. The molecule has 8 nitrogen and oxygen atoms in total. The highest BCUT2D eigenvalue weighted by atomic mass is 79.9. The Labute approximate surface area is 184 Å². The molecule has 0 amide bonds. The second kappa shape index (κ2) is 8.04. The third-order valence-corrected chi connectivity index (χ3v) is 5.14. The van der Waals surface area contributed by atoms with Gasteiger partial charge >= 0.3 is 11.7 Å². The number of nitro benzene ring substituents is 1. The van der Waals surface area contributed by atoms with Gasteiger partial charge in [-0.1, -0.05) is 52.3 Å². The number of phenols is 1. The number of carboxylic acids is 1. The number of hydrogen-bond donors (Lipinski definition) is 2. The number of benzene rings is 3. The summed E-state index contributed by atoms with van der Waals surface area (Å²) in [5, 5.41) is 35.7. The molecule has 0 aliphatic rings. The Kier molecular flexibility index (Phi) is 5.26. The molecular formula is C22H14BrN3O5. The van der Waals surface area contributed by atoms with Gasteiger partial charge in [-0.3, -0.25) is 10.1 Å². The van der Waals surface area contributed by atoms with Crippen molar-refractivity contribution in [2.75, 3.05) is 0 Å². The molecule has 9 heteroatoms. The summed E-state index contributed by atoms with van der Waals surface area (Å²) in [4.78, 5) is 22.6. The Hall–Kier alpha value is -3.98. The molecule has 0 bridgehead atoms. The fraction of sp³-hybridized carbons (Fsp3) is 0. The first-order chi connectivity index (χ1) is 14.9. The molecule has 0 fully saturated rings. The molecule has 0 spiro atoms. The molecule has 0 radical (unpaired) electrons. The van der Waals surface area contributed by atoms with E-state index in [1.807, 2.05) is 12.1 Å². The summed E-state index contributed by atoms with van der Waals surface area (Å²) in [6.45, 7) is 0. The molecule has 0 aliphatic heterocycles. The Bertz CT molecular complexity index is 1320. The second-order valence-electron chi connectivity index (χ2n) is 6.60. The Morgan fingerprint density at radius 1 is 1.00 bits per heavy atom. The van der Waals surface area contributed by atoms with Crippen molar-refractivity contribution in [1.29, 1.82) is 0 Å². The van der Waals surface area contributed by atoms with Crippen molar-refractivity contribution in [3.05, 3.63) is 92.9 Å². The standard InChI is InChI=1S/C22H14BrN3O5/c23-15-7-4-8-16(12-15)25-21(13-5-2-1-3-6-13)19(22(28)29)20(24-25)14-9-10-17(26(30)31)18(27)11-14/h1-12,27H,(H,28,29). The van der Waals surface area contributed by atoms with Crippen LogP contribution in [0.4, 0.5) is 5.69 Å². The summed E-state index contributed by atoms with van der Waals surface area (Å²) in [7, 11) is 0. The molecule has 0 atom stereocenters. The van der Waals surface area contributed by atoms with Gasteiger partial charge in [0, 0.05) is 21.7 Å². The summed E-state index contributed by atoms with van der Waals surface area (Å²) < 4.78 is 2.29. The zero-order valence-corrected chi connectivity index (χ0v) is 17.4. The molecule has 1 aromatic heterocycles. The van der Waals surface area contributed by atoms with E-state index in [1.54, 1.807) is 42.5 Å². The lowest BCUT2D eigenvalue weighted by atomic mass is 10.0. The number of aromatic nitrogens is 2. The number of carbonyl (C=O) groups is 1. The molecule has 0 unspecified atom stereocenters. The van der Waals surface area contributed by atoms with E-state index in [0.717, 1.165) is 16.6 Å². The molecule has 0 aliphatic carbocycles. The second-order valence-corrected chi connectivity index (χ2v) is 7.51. The van der Waals surface area contributed by atoms with Gasteiger partial charge in [-0.2, -0.15) is 5.10 Å². The average Bonchev–Trinajstić information content (AvgIpc) is 3.15. The maximum Gasteiger partial charge on any atom is 0.340 e. The van der Waals surface area contributed by atoms with Crippen LogP contribution in [-0.4, -0.2) is 30.9 Å². The molecule has 154 valence electrons. The van der Waals surface area contributed by atoms with Gasteiger partial charge in [0.25, 0.3) is 0 Å². The van der Waals surface area contributed by atoms with Crippen LogP contribution in [-0.2, 0) is 0 Å². The Morgan fingerprint density at radius 2 is 1.74 bits per heavy atom. The molecule has 4 aromatic rings. The molecule has 3 aromatic carbocycles. The quantitative estimate of drug-likeness (QED) is 0.296. The fourth-order valence-corrected chi connectivity index (χ4v) is 3.69. The van der Waals surface area contributed by atoms with Crippen molar-refractivity contribution >= 4 is 27.6 Å². The minimum absolute atomic E-state index is 0.0801. The van der Waals surface area contributed by atoms with Crippen LogP contribution in [0.2, 0.25) is 0 Å². The molecule has 4 rings (SSSR count). The largest absolute Gasteiger partial charge is 0.502 e. The van der Waals surface area contributed by atoms with E-state index in [2.05, 4.69) is 21.0 Å². The van der Waals surface area contributed by atoms with Crippen LogP contribution in [0, 0.1) is 10.1 Å². The van der Waals surface area contributed by atoms with Crippen LogP contribution < -0.4 is 0 Å². The lowest BCUT2D eigenvalue weighted by Gasteiger charge is -2.09. The van der Waals surface area contributed by atoms with Gasteiger partial charge in [-0.25, -0.2) is 9.48 Å². The van der Waals surface area contributed by atoms with Gasteiger partial charge < -0.3 is 10.2 Å². The minimum atomic E-state index is -1.21. The van der Waals surface area contributed by atoms with Crippen LogP contribution in [0.1, 0.15) is 10.4 Å². The number of hydrogen-bond acceptors (Lipinski definition) is 5. The number of nitro groups is 1. The number of halogens is 1. The van der Waals surface area contributed by atoms with Gasteiger partial charge in [0.2, 0.25) is 0 Å². The summed E-state index contributed by atoms with van der Waals surface area (Å²) in [6, 6.07) is 19.8. The van der Waals surface area contributed by atoms with Crippen molar-refractivity contribution in [3.63, 3.8) is 0 Å². The van der Waals surface area contributed by atoms with Crippen molar-refractivity contribution in [2.45, 2.75) is 0 Å². The first-order valence-corrected chi connectivity index (χ1v) is 9.81. The third kappa shape index (κ3) is 3.78. The van der Waals surface area contributed by atoms with Crippen LogP contribution >= 0.6 is 15.9 Å². The van der Waals surface area contributed by atoms with Crippen LogP contribution in [0.3, 0.4) is 0 Å².